The third-order valence-electron chi connectivity index (χ3n) is 6.28. The number of rotatable bonds is 6. The lowest BCUT2D eigenvalue weighted by molar-refractivity contribution is -0.133. The summed E-state index contributed by atoms with van der Waals surface area (Å²) in [6, 6.07) is 12.1. The molecule has 0 saturated carbocycles. The van der Waals surface area contributed by atoms with Gasteiger partial charge in [0.15, 0.2) is 0 Å². The number of hydrogen-bond acceptors (Lipinski definition) is 4. The number of nitrogens with zero attached hydrogens (tertiary/aromatic N) is 3. The van der Waals surface area contributed by atoms with E-state index in [9.17, 15) is 9.59 Å². The van der Waals surface area contributed by atoms with Crippen LogP contribution in [0.15, 0.2) is 55.0 Å². The van der Waals surface area contributed by atoms with Crippen molar-refractivity contribution < 1.29 is 9.59 Å². The number of nitrogens with one attached hydrogen (secondary N) is 2. The largest absolute Gasteiger partial charge is 0.356 e. The van der Waals surface area contributed by atoms with Crippen molar-refractivity contribution in [3.63, 3.8) is 0 Å². The first kappa shape index (κ1) is 21.7. The molecule has 7 heteroatoms. The van der Waals surface area contributed by atoms with Crippen LogP contribution in [0.3, 0.4) is 0 Å². The van der Waals surface area contributed by atoms with Gasteiger partial charge in [-0.15, -0.1) is 0 Å². The van der Waals surface area contributed by atoms with Crippen LogP contribution in [0.1, 0.15) is 41.4 Å². The van der Waals surface area contributed by atoms with Crippen LogP contribution in [0, 0.1) is 12.3 Å². The van der Waals surface area contributed by atoms with Crippen molar-refractivity contribution >= 4 is 11.8 Å². The number of aromatic nitrogens is 3. The molecule has 0 aliphatic carbocycles. The summed E-state index contributed by atoms with van der Waals surface area (Å²) in [6.07, 6.45) is 7.19. The minimum absolute atomic E-state index is 0.00551. The number of H-pyrrole nitrogens is 1. The second kappa shape index (κ2) is 9.34. The summed E-state index contributed by atoms with van der Waals surface area (Å²) in [5, 5.41) is 9.87. The van der Waals surface area contributed by atoms with Crippen LogP contribution in [-0.2, 0) is 11.2 Å². The molecule has 1 aliphatic rings. The van der Waals surface area contributed by atoms with Crippen molar-refractivity contribution in [2.45, 2.75) is 33.1 Å². The Hall–Kier alpha value is -3.48. The van der Waals surface area contributed by atoms with Crippen molar-refractivity contribution in [1.82, 2.24) is 25.4 Å². The number of aromatic amines is 1. The Labute approximate surface area is 188 Å². The van der Waals surface area contributed by atoms with E-state index in [1.54, 1.807) is 18.6 Å². The van der Waals surface area contributed by atoms with Gasteiger partial charge in [0.25, 0.3) is 5.91 Å². The zero-order valence-electron chi connectivity index (χ0n) is 18.6. The van der Waals surface area contributed by atoms with Crippen LogP contribution < -0.4 is 5.32 Å². The summed E-state index contributed by atoms with van der Waals surface area (Å²) in [7, 11) is 0. The highest BCUT2D eigenvalue weighted by Crippen LogP contribution is 2.37. The molecule has 2 N–H and O–H groups in total. The first-order valence-corrected chi connectivity index (χ1v) is 11.1. The smallest absolute Gasteiger partial charge is 0.257 e. The van der Waals surface area contributed by atoms with Gasteiger partial charge in [0.1, 0.15) is 0 Å². The molecule has 0 radical (unpaired) electrons. The van der Waals surface area contributed by atoms with E-state index in [0.29, 0.717) is 31.6 Å². The summed E-state index contributed by atoms with van der Waals surface area (Å²) in [5.74, 6) is -0.0713. The average Bonchev–Trinajstić information content (AvgIpc) is 3.25. The topological polar surface area (TPSA) is 91.0 Å². The van der Waals surface area contributed by atoms with E-state index < -0.39 is 5.41 Å². The van der Waals surface area contributed by atoms with E-state index in [4.69, 9.17) is 0 Å². The molecule has 1 aliphatic heterocycles. The Kier molecular flexibility index (Phi) is 6.35. The fourth-order valence-electron chi connectivity index (χ4n) is 4.65. The highest BCUT2D eigenvalue weighted by Gasteiger charge is 2.44. The van der Waals surface area contributed by atoms with Crippen LogP contribution >= 0.6 is 0 Å². The summed E-state index contributed by atoms with van der Waals surface area (Å²) in [4.78, 5) is 32.6. The second-order valence-electron chi connectivity index (χ2n) is 8.45. The Bertz CT molecular complexity index is 1090. The standard InChI is InChI=1S/C25H29N5O2/c1-3-27-24(32)25(11-6-14-30(17-25)23(31)22-16-28-29-18(22)2)15-20-7-4-5-8-21(20)19-9-12-26-13-10-19/h4-5,7-10,12-13,16H,3,6,11,14-15,17H2,1-2H3,(H,27,32)(H,28,29)/t25-/m0/s1. The summed E-state index contributed by atoms with van der Waals surface area (Å²) < 4.78 is 0. The van der Waals surface area contributed by atoms with Gasteiger partial charge in [0.05, 0.1) is 17.2 Å². The Morgan fingerprint density at radius 1 is 1.19 bits per heavy atom. The van der Waals surface area contributed by atoms with Gasteiger partial charge in [-0.1, -0.05) is 24.3 Å². The molecule has 7 nitrogen and oxygen atoms in total. The van der Waals surface area contributed by atoms with Crippen molar-refractivity contribution in [2.24, 2.45) is 5.41 Å². The Balaban J connectivity index is 1.69. The number of likely N-dealkylation sites (tertiary alicyclic amines) is 1. The highest BCUT2D eigenvalue weighted by molar-refractivity contribution is 5.96. The van der Waals surface area contributed by atoms with Crippen LogP contribution in [0.5, 0.6) is 0 Å². The monoisotopic (exact) mass is 431 g/mol. The van der Waals surface area contributed by atoms with Crippen LogP contribution in [0.2, 0.25) is 0 Å². The van der Waals surface area contributed by atoms with Crippen molar-refractivity contribution in [1.29, 1.82) is 0 Å². The molecule has 166 valence electrons. The molecular weight excluding hydrogens is 402 g/mol. The molecule has 2 amide bonds. The average molecular weight is 432 g/mol. The SMILES string of the molecule is CCNC(=O)[C@]1(Cc2ccccc2-c2ccncc2)CCCN(C(=O)c2cn[nH]c2C)C1. The fraction of sp³-hybridized carbons (Fsp3) is 0.360. The molecule has 0 unspecified atom stereocenters. The number of hydrogen-bond donors (Lipinski definition) is 2. The number of pyridine rings is 1. The van der Waals surface area contributed by atoms with Crippen molar-refractivity contribution in [2.75, 3.05) is 19.6 Å². The molecule has 3 aromatic rings. The number of benzene rings is 1. The lowest BCUT2D eigenvalue weighted by atomic mass is 9.73. The van der Waals surface area contributed by atoms with Gasteiger partial charge < -0.3 is 10.2 Å². The molecule has 32 heavy (non-hydrogen) atoms. The predicted molar refractivity (Wildman–Crippen MR) is 123 cm³/mol. The number of aryl methyl sites for hydroxylation is 1. The maximum atomic E-state index is 13.4. The van der Waals surface area contributed by atoms with Crippen LogP contribution in [0.4, 0.5) is 0 Å². The highest BCUT2D eigenvalue weighted by atomic mass is 16.2. The molecule has 2 aromatic heterocycles. The molecule has 1 atom stereocenters. The molecule has 1 saturated heterocycles. The van der Waals surface area contributed by atoms with E-state index in [0.717, 1.165) is 35.2 Å². The maximum absolute atomic E-state index is 13.4. The first-order valence-electron chi connectivity index (χ1n) is 11.1. The van der Waals surface area contributed by atoms with Gasteiger partial charge in [0.2, 0.25) is 5.91 Å². The second-order valence-corrected chi connectivity index (χ2v) is 8.45. The Morgan fingerprint density at radius 2 is 1.97 bits per heavy atom. The van der Waals surface area contributed by atoms with Crippen molar-refractivity contribution in [3.8, 4) is 11.1 Å². The minimum Gasteiger partial charge on any atom is -0.356 e. The van der Waals surface area contributed by atoms with Gasteiger partial charge in [0, 0.05) is 37.7 Å². The first-order chi connectivity index (χ1) is 15.5. The zero-order valence-corrected chi connectivity index (χ0v) is 18.6. The van der Waals surface area contributed by atoms with E-state index in [-0.39, 0.29) is 11.8 Å². The molecule has 1 aromatic carbocycles. The van der Waals surface area contributed by atoms with E-state index in [2.05, 4.69) is 32.6 Å². The maximum Gasteiger partial charge on any atom is 0.257 e. The van der Waals surface area contributed by atoms with E-state index in [1.165, 1.54) is 0 Å². The molecule has 1 fully saturated rings. The van der Waals surface area contributed by atoms with Gasteiger partial charge >= 0.3 is 0 Å². The van der Waals surface area contributed by atoms with Crippen LogP contribution in [-0.4, -0.2) is 51.5 Å². The van der Waals surface area contributed by atoms with E-state index >= 15 is 0 Å². The molecule has 4 rings (SSSR count). The molecule has 0 spiro atoms. The number of piperidine rings is 1. The van der Waals surface area contributed by atoms with Gasteiger partial charge in [-0.25, -0.2) is 0 Å². The van der Waals surface area contributed by atoms with E-state index in [1.807, 2.05) is 43.0 Å². The van der Waals surface area contributed by atoms with Gasteiger partial charge in [-0.2, -0.15) is 5.10 Å². The normalized spacial score (nSPS) is 18.4. The molecule has 0 bridgehead atoms. The van der Waals surface area contributed by atoms with Gasteiger partial charge in [-0.3, -0.25) is 19.7 Å². The number of carbonyl (C=O) groups excluding carboxylic acids is 2. The zero-order chi connectivity index (χ0) is 22.6. The summed E-state index contributed by atoms with van der Waals surface area (Å²) in [5.41, 5.74) is 3.87. The predicted octanol–water partition coefficient (Wildman–Crippen LogP) is 3.38. The molecule has 3 heterocycles. The lowest BCUT2D eigenvalue weighted by Crippen LogP contribution is -2.54. The number of carbonyl (C=O) groups is 2. The minimum atomic E-state index is -0.690. The van der Waals surface area contributed by atoms with Crippen molar-refractivity contribution in [3.05, 3.63) is 71.8 Å². The molecular formula is C25H29N5O2. The quantitative estimate of drug-likeness (QED) is 0.626. The summed E-state index contributed by atoms with van der Waals surface area (Å²) in [6.45, 7) is 5.34. The lowest BCUT2D eigenvalue weighted by Gasteiger charge is -2.42. The Morgan fingerprint density at radius 3 is 2.69 bits per heavy atom. The number of amides is 2. The third kappa shape index (κ3) is 4.28. The third-order valence-corrected chi connectivity index (χ3v) is 6.28. The summed E-state index contributed by atoms with van der Waals surface area (Å²) >= 11 is 0. The fourth-order valence-corrected chi connectivity index (χ4v) is 4.65. The van der Waals surface area contributed by atoms with Gasteiger partial charge in [-0.05, 0) is 61.9 Å². The van der Waals surface area contributed by atoms with Crippen LogP contribution in [0.25, 0.3) is 11.1 Å².